The zero-order chi connectivity index (χ0) is 18.8. The molecule has 0 aliphatic carbocycles. The van der Waals surface area contributed by atoms with Crippen LogP contribution in [0.3, 0.4) is 0 Å². The van der Waals surface area contributed by atoms with E-state index in [4.69, 9.17) is 0 Å². The summed E-state index contributed by atoms with van der Waals surface area (Å²) in [6, 6.07) is 11.2. The van der Waals surface area contributed by atoms with Crippen LogP contribution in [-0.4, -0.2) is 69.8 Å². The van der Waals surface area contributed by atoms with E-state index in [1.807, 2.05) is 41.3 Å². The first-order chi connectivity index (χ1) is 13.1. The predicted molar refractivity (Wildman–Crippen MR) is 102 cm³/mol. The van der Waals surface area contributed by atoms with E-state index in [-0.39, 0.29) is 24.9 Å². The average Bonchev–Trinajstić information content (AvgIpc) is 3.09. The van der Waals surface area contributed by atoms with Gasteiger partial charge in [-0.1, -0.05) is 6.07 Å². The summed E-state index contributed by atoms with van der Waals surface area (Å²) in [4.78, 5) is 39.7. The second-order valence-corrected chi connectivity index (χ2v) is 6.61. The predicted octanol–water partition coefficient (Wildman–Crippen LogP) is 1.34. The Morgan fingerprint density at radius 1 is 1.26 bits per heavy atom. The molecule has 1 saturated heterocycles. The number of hydrogen-bond acceptors (Lipinski definition) is 5. The Morgan fingerprint density at radius 2 is 2.15 bits per heavy atom. The molecule has 1 fully saturated rings. The minimum absolute atomic E-state index is 0.0370. The molecular weight excluding hydrogens is 344 g/mol. The first-order valence-corrected chi connectivity index (χ1v) is 8.76. The SMILES string of the molecule is CN1CCN(CC(=O)Nc2ccc3nc(-c4ccccn4)[nH]c3c2)CC1=O. The van der Waals surface area contributed by atoms with Gasteiger partial charge in [-0.25, -0.2) is 4.98 Å². The number of benzene rings is 1. The van der Waals surface area contributed by atoms with Crippen molar-refractivity contribution in [2.75, 3.05) is 38.5 Å². The Bertz CT molecular complexity index is 984. The molecule has 138 valence electrons. The smallest absolute Gasteiger partial charge is 0.238 e. The number of carbonyl (C=O) groups is 2. The first-order valence-electron chi connectivity index (χ1n) is 8.76. The minimum Gasteiger partial charge on any atom is -0.343 e. The number of piperazine rings is 1. The number of pyridine rings is 1. The van der Waals surface area contributed by atoms with Crippen LogP contribution in [0.25, 0.3) is 22.6 Å². The average molecular weight is 364 g/mol. The molecule has 4 rings (SSSR count). The zero-order valence-electron chi connectivity index (χ0n) is 15.0. The third-order valence-electron chi connectivity index (χ3n) is 4.58. The van der Waals surface area contributed by atoms with Crippen LogP contribution in [0.1, 0.15) is 0 Å². The van der Waals surface area contributed by atoms with Crippen molar-refractivity contribution in [1.29, 1.82) is 0 Å². The van der Waals surface area contributed by atoms with Crippen molar-refractivity contribution in [2.24, 2.45) is 0 Å². The lowest BCUT2D eigenvalue weighted by Crippen LogP contribution is -2.50. The van der Waals surface area contributed by atoms with Gasteiger partial charge in [0, 0.05) is 32.0 Å². The molecule has 27 heavy (non-hydrogen) atoms. The Morgan fingerprint density at radius 3 is 2.93 bits per heavy atom. The Balaban J connectivity index is 1.44. The summed E-state index contributed by atoms with van der Waals surface area (Å²) in [5, 5.41) is 2.89. The summed E-state index contributed by atoms with van der Waals surface area (Å²) >= 11 is 0. The van der Waals surface area contributed by atoms with Crippen molar-refractivity contribution in [3.63, 3.8) is 0 Å². The van der Waals surface area contributed by atoms with Crippen LogP contribution in [-0.2, 0) is 9.59 Å². The van der Waals surface area contributed by atoms with Gasteiger partial charge in [0.2, 0.25) is 11.8 Å². The third-order valence-corrected chi connectivity index (χ3v) is 4.58. The summed E-state index contributed by atoms with van der Waals surface area (Å²) in [7, 11) is 1.78. The van der Waals surface area contributed by atoms with Gasteiger partial charge >= 0.3 is 0 Å². The molecule has 1 aromatic carbocycles. The number of imidazole rings is 1. The van der Waals surface area contributed by atoms with E-state index in [0.29, 0.717) is 24.6 Å². The second kappa shape index (κ2) is 7.16. The normalized spacial score (nSPS) is 15.3. The summed E-state index contributed by atoms with van der Waals surface area (Å²) in [6.07, 6.45) is 1.72. The van der Waals surface area contributed by atoms with Crippen molar-refractivity contribution in [1.82, 2.24) is 24.8 Å². The van der Waals surface area contributed by atoms with E-state index in [9.17, 15) is 9.59 Å². The van der Waals surface area contributed by atoms with E-state index >= 15 is 0 Å². The molecule has 2 aromatic heterocycles. The molecule has 8 nitrogen and oxygen atoms in total. The molecule has 1 aliphatic heterocycles. The molecule has 0 saturated carbocycles. The molecule has 2 amide bonds. The van der Waals surface area contributed by atoms with Gasteiger partial charge in [0.05, 0.1) is 24.1 Å². The number of aromatic nitrogens is 3. The van der Waals surface area contributed by atoms with Gasteiger partial charge in [0.1, 0.15) is 5.69 Å². The highest BCUT2D eigenvalue weighted by atomic mass is 16.2. The molecule has 1 aliphatic rings. The van der Waals surface area contributed by atoms with Gasteiger partial charge < -0.3 is 15.2 Å². The number of nitrogens with one attached hydrogen (secondary N) is 2. The molecule has 3 aromatic rings. The fourth-order valence-electron chi connectivity index (χ4n) is 3.06. The number of rotatable bonds is 4. The highest BCUT2D eigenvalue weighted by molar-refractivity contribution is 5.95. The number of H-pyrrole nitrogens is 1. The van der Waals surface area contributed by atoms with Crippen molar-refractivity contribution in [2.45, 2.75) is 0 Å². The number of carbonyl (C=O) groups excluding carboxylic acids is 2. The molecule has 0 radical (unpaired) electrons. The summed E-state index contributed by atoms with van der Waals surface area (Å²) < 4.78 is 0. The molecule has 2 N–H and O–H groups in total. The highest BCUT2D eigenvalue weighted by Crippen LogP contribution is 2.21. The number of hydrogen-bond donors (Lipinski definition) is 2. The lowest BCUT2D eigenvalue weighted by atomic mass is 10.2. The van der Waals surface area contributed by atoms with Crippen LogP contribution in [0.2, 0.25) is 0 Å². The summed E-state index contributed by atoms with van der Waals surface area (Å²) in [5.74, 6) is 0.580. The quantitative estimate of drug-likeness (QED) is 0.729. The highest BCUT2D eigenvalue weighted by Gasteiger charge is 2.22. The standard InChI is InChI=1S/C19H20N6O2/c1-24-8-9-25(12-18(24)27)11-17(26)21-13-5-6-14-16(10-13)23-19(22-14)15-4-2-3-7-20-15/h2-7,10H,8-9,11-12H2,1H3,(H,21,26)(H,22,23). The number of anilines is 1. The maximum absolute atomic E-state index is 12.3. The fourth-order valence-corrected chi connectivity index (χ4v) is 3.06. The van der Waals surface area contributed by atoms with Gasteiger partial charge in [-0.3, -0.25) is 19.5 Å². The molecule has 8 heteroatoms. The Kier molecular flexibility index (Phi) is 4.55. The van der Waals surface area contributed by atoms with E-state index in [1.165, 1.54) is 0 Å². The van der Waals surface area contributed by atoms with E-state index < -0.39 is 0 Å². The molecule has 0 unspecified atom stereocenters. The monoisotopic (exact) mass is 364 g/mol. The van der Waals surface area contributed by atoms with E-state index in [2.05, 4.69) is 20.3 Å². The van der Waals surface area contributed by atoms with Crippen LogP contribution in [0.4, 0.5) is 5.69 Å². The Hall–Kier alpha value is -3.26. The van der Waals surface area contributed by atoms with Gasteiger partial charge in [-0.05, 0) is 30.3 Å². The van der Waals surface area contributed by atoms with E-state index in [1.54, 1.807) is 18.1 Å². The maximum atomic E-state index is 12.3. The van der Waals surface area contributed by atoms with Gasteiger partial charge in [0.25, 0.3) is 0 Å². The first kappa shape index (κ1) is 17.2. The van der Waals surface area contributed by atoms with Crippen LogP contribution >= 0.6 is 0 Å². The van der Waals surface area contributed by atoms with Crippen LogP contribution < -0.4 is 5.32 Å². The van der Waals surface area contributed by atoms with Crippen LogP contribution in [0, 0.1) is 0 Å². The van der Waals surface area contributed by atoms with Crippen molar-refractivity contribution < 1.29 is 9.59 Å². The number of likely N-dealkylation sites (N-methyl/N-ethyl adjacent to an activating group) is 1. The van der Waals surface area contributed by atoms with Gasteiger partial charge in [-0.15, -0.1) is 0 Å². The van der Waals surface area contributed by atoms with Crippen LogP contribution in [0.5, 0.6) is 0 Å². The van der Waals surface area contributed by atoms with Crippen molar-refractivity contribution >= 4 is 28.5 Å². The summed E-state index contributed by atoms with van der Waals surface area (Å²) in [5.41, 5.74) is 3.07. The van der Waals surface area contributed by atoms with Gasteiger partial charge in [-0.2, -0.15) is 0 Å². The molecule has 0 spiro atoms. The second-order valence-electron chi connectivity index (χ2n) is 6.61. The lowest BCUT2D eigenvalue weighted by Gasteiger charge is -2.31. The van der Waals surface area contributed by atoms with Crippen molar-refractivity contribution in [3.8, 4) is 11.5 Å². The van der Waals surface area contributed by atoms with Crippen molar-refractivity contribution in [3.05, 3.63) is 42.6 Å². The number of fused-ring (bicyclic) bond motifs is 1. The largest absolute Gasteiger partial charge is 0.343 e. The number of nitrogens with zero attached hydrogens (tertiary/aromatic N) is 4. The fraction of sp³-hybridized carbons (Fsp3) is 0.263. The van der Waals surface area contributed by atoms with E-state index in [0.717, 1.165) is 16.7 Å². The Labute approximate surface area is 156 Å². The molecule has 0 bridgehead atoms. The van der Waals surface area contributed by atoms with Gasteiger partial charge in [0.15, 0.2) is 5.82 Å². The van der Waals surface area contributed by atoms with Crippen LogP contribution in [0.15, 0.2) is 42.6 Å². The third kappa shape index (κ3) is 3.80. The minimum atomic E-state index is -0.142. The molecule has 0 atom stereocenters. The number of amides is 2. The zero-order valence-corrected chi connectivity index (χ0v) is 15.0. The molecule has 3 heterocycles. The molecular formula is C19H20N6O2. The maximum Gasteiger partial charge on any atom is 0.238 e. The summed E-state index contributed by atoms with van der Waals surface area (Å²) in [6.45, 7) is 1.81. The number of aromatic amines is 1. The lowest BCUT2D eigenvalue weighted by molar-refractivity contribution is -0.135. The topological polar surface area (TPSA) is 94.2 Å².